The number of benzene rings is 1. The quantitative estimate of drug-likeness (QED) is 0.613. The van der Waals surface area contributed by atoms with Crippen LogP contribution in [0.2, 0.25) is 0 Å². The molecule has 4 rings (SSSR count). The molecule has 0 fully saturated rings. The van der Waals surface area contributed by atoms with E-state index in [1.54, 1.807) is 12.5 Å². The van der Waals surface area contributed by atoms with E-state index in [-0.39, 0.29) is 0 Å². The number of hydrogen-bond donors (Lipinski definition) is 1. The topological polar surface area (TPSA) is 62.6 Å². The van der Waals surface area contributed by atoms with E-state index in [4.69, 9.17) is 0 Å². The largest absolute Gasteiger partial charge is 0.361 e. The van der Waals surface area contributed by atoms with Crippen LogP contribution >= 0.6 is 0 Å². The number of imidazole rings is 1. The molecule has 0 aliphatic heterocycles. The molecule has 6 nitrogen and oxygen atoms in total. The van der Waals surface area contributed by atoms with Gasteiger partial charge in [-0.3, -0.25) is 0 Å². The van der Waals surface area contributed by atoms with E-state index in [0.29, 0.717) is 0 Å². The van der Waals surface area contributed by atoms with Crippen molar-refractivity contribution in [1.29, 1.82) is 0 Å². The summed E-state index contributed by atoms with van der Waals surface area (Å²) >= 11 is 0. The highest BCUT2D eigenvalue weighted by atomic mass is 15.1. The van der Waals surface area contributed by atoms with Crippen LogP contribution in [0.15, 0.2) is 43.2 Å². The second kappa shape index (κ2) is 6.05. The Morgan fingerprint density at radius 1 is 1.21 bits per heavy atom. The molecule has 0 spiro atoms. The average Bonchev–Trinajstić information content (AvgIpc) is 3.17. The molecule has 1 aromatic carbocycles. The molecule has 4 aromatic rings. The van der Waals surface area contributed by atoms with Crippen molar-refractivity contribution in [2.75, 3.05) is 20.6 Å². The van der Waals surface area contributed by atoms with Gasteiger partial charge in [0.15, 0.2) is 5.65 Å². The highest BCUT2D eigenvalue weighted by Gasteiger charge is 2.08. The van der Waals surface area contributed by atoms with Crippen molar-refractivity contribution in [3.8, 4) is 0 Å². The summed E-state index contributed by atoms with van der Waals surface area (Å²) in [5, 5.41) is 1.30. The van der Waals surface area contributed by atoms with Crippen LogP contribution in [0, 0.1) is 0 Å². The van der Waals surface area contributed by atoms with Crippen LogP contribution < -0.4 is 0 Å². The molecule has 6 heteroatoms. The standard InChI is InChI=1S/C18H20N6/c1-23(2)6-5-14-8-20-16-4-3-13(7-15(14)16)10-24-12-22-17-9-19-11-21-18(17)24/h3-4,7-9,11-12,20H,5-6,10H2,1-2H3. The first-order valence-corrected chi connectivity index (χ1v) is 8.05. The number of aromatic nitrogens is 5. The molecule has 0 saturated carbocycles. The molecule has 3 aromatic heterocycles. The lowest BCUT2D eigenvalue weighted by molar-refractivity contribution is 0.414. The molecular weight excluding hydrogens is 300 g/mol. The van der Waals surface area contributed by atoms with E-state index in [2.05, 4.69) is 67.9 Å². The Labute approximate surface area is 140 Å². The first-order valence-electron chi connectivity index (χ1n) is 8.05. The van der Waals surface area contributed by atoms with Crippen molar-refractivity contribution in [1.82, 2.24) is 29.4 Å². The molecule has 0 amide bonds. The Balaban J connectivity index is 1.65. The van der Waals surface area contributed by atoms with Gasteiger partial charge in [-0.15, -0.1) is 0 Å². The van der Waals surface area contributed by atoms with E-state index in [9.17, 15) is 0 Å². The van der Waals surface area contributed by atoms with Crippen molar-refractivity contribution < 1.29 is 0 Å². The van der Waals surface area contributed by atoms with Gasteiger partial charge in [0.25, 0.3) is 0 Å². The first kappa shape index (κ1) is 14.8. The SMILES string of the molecule is CN(C)CCc1c[nH]c2ccc(Cn3cnc4cncnc43)cc12. The summed E-state index contributed by atoms with van der Waals surface area (Å²) in [6, 6.07) is 6.57. The summed E-state index contributed by atoms with van der Waals surface area (Å²) in [6.07, 6.45) is 8.30. The Morgan fingerprint density at radius 3 is 3.00 bits per heavy atom. The van der Waals surface area contributed by atoms with Crippen LogP contribution in [-0.4, -0.2) is 50.0 Å². The van der Waals surface area contributed by atoms with E-state index >= 15 is 0 Å². The normalized spacial score (nSPS) is 11.8. The van der Waals surface area contributed by atoms with Crippen LogP contribution in [0.4, 0.5) is 0 Å². The van der Waals surface area contributed by atoms with Gasteiger partial charge in [-0.25, -0.2) is 15.0 Å². The number of hydrogen-bond acceptors (Lipinski definition) is 4. The maximum atomic E-state index is 4.36. The molecule has 0 atom stereocenters. The lowest BCUT2D eigenvalue weighted by Crippen LogP contribution is -2.14. The zero-order valence-electron chi connectivity index (χ0n) is 13.9. The third-order valence-electron chi connectivity index (χ3n) is 4.29. The smallest absolute Gasteiger partial charge is 0.163 e. The zero-order chi connectivity index (χ0) is 16.5. The first-order chi connectivity index (χ1) is 11.7. The number of likely N-dealkylation sites (N-methyl/N-ethyl adjacent to an activating group) is 1. The summed E-state index contributed by atoms with van der Waals surface area (Å²) in [6.45, 7) is 1.79. The second-order valence-electron chi connectivity index (χ2n) is 6.35. The van der Waals surface area contributed by atoms with Gasteiger partial charge < -0.3 is 14.5 Å². The van der Waals surface area contributed by atoms with Crippen molar-refractivity contribution >= 4 is 22.1 Å². The molecule has 3 heterocycles. The van der Waals surface area contributed by atoms with Gasteiger partial charge in [-0.2, -0.15) is 0 Å². The lowest BCUT2D eigenvalue weighted by Gasteiger charge is -2.09. The number of rotatable bonds is 5. The molecule has 0 bridgehead atoms. The molecule has 0 unspecified atom stereocenters. The molecule has 24 heavy (non-hydrogen) atoms. The fourth-order valence-electron chi connectivity index (χ4n) is 3.00. The minimum Gasteiger partial charge on any atom is -0.361 e. The summed E-state index contributed by atoms with van der Waals surface area (Å²) < 4.78 is 2.06. The van der Waals surface area contributed by atoms with Crippen LogP contribution in [-0.2, 0) is 13.0 Å². The second-order valence-corrected chi connectivity index (χ2v) is 6.35. The fourth-order valence-corrected chi connectivity index (χ4v) is 3.00. The number of nitrogens with zero attached hydrogens (tertiary/aromatic N) is 5. The molecule has 0 saturated heterocycles. The monoisotopic (exact) mass is 320 g/mol. The van der Waals surface area contributed by atoms with Crippen LogP contribution in [0.5, 0.6) is 0 Å². The summed E-state index contributed by atoms with van der Waals surface area (Å²) in [4.78, 5) is 18.3. The van der Waals surface area contributed by atoms with Gasteiger partial charge in [-0.1, -0.05) is 6.07 Å². The summed E-state index contributed by atoms with van der Waals surface area (Å²) in [7, 11) is 4.21. The van der Waals surface area contributed by atoms with Crippen molar-refractivity contribution in [3.05, 3.63) is 54.4 Å². The van der Waals surface area contributed by atoms with Crippen molar-refractivity contribution in [2.45, 2.75) is 13.0 Å². The third kappa shape index (κ3) is 2.76. The molecule has 0 aliphatic carbocycles. The highest BCUT2D eigenvalue weighted by molar-refractivity contribution is 5.84. The van der Waals surface area contributed by atoms with Crippen LogP contribution in [0.25, 0.3) is 22.1 Å². The molecule has 1 N–H and O–H groups in total. The predicted molar refractivity (Wildman–Crippen MR) is 95.0 cm³/mol. The Bertz CT molecular complexity index is 981. The van der Waals surface area contributed by atoms with Gasteiger partial charge in [0.2, 0.25) is 0 Å². The maximum Gasteiger partial charge on any atom is 0.163 e. The molecule has 122 valence electrons. The van der Waals surface area contributed by atoms with E-state index in [0.717, 1.165) is 30.7 Å². The maximum absolute atomic E-state index is 4.36. The molecule has 0 aliphatic rings. The number of aromatic amines is 1. The Hall–Kier alpha value is -2.73. The molecule has 0 radical (unpaired) electrons. The van der Waals surface area contributed by atoms with Crippen molar-refractivity contribution in [2.24, 2.45) is 0 Å². The fraction of sp³-hybridized carbons (Fsp3) is 0.278. The van der Waals surface area contributed by atoms with Gasteiger partial charge in [-0.05, 0) is 43.8 Å². The van der Waals surface area contributed by atoms with E-state index in [1.807, 2.05) is 6.33 Å². The van der Waals surface area contributed by atoms with Crippen LogP contribution in [0.3, 0.4) is 0 Å². The van der Waals surface area contributed by atoms with Crippen LogP contribution in [0.1, 0.15) is 11.1 Å². The molecular formula is C18H20N6. The van der Waals surface area contributed by atoms with Gasteiger partial charge in [0.05, 0.1) is 19.1 Å². The van der Waals surface area contributed by atoms with Crippen molar-refractivity contribution in [3.63, 3.8) is 0 Å². The predicted octanol–water partition coefficient (Wildman–Crippen LogP) is 2.46. The Morgan fingerprint density at radius 2 is 2.12 bits per heavy atom. The number of fused-ring (bicyclic) bond motifs is 2. The number of nitrogens with one attached hydrogen (secondary N) is 1. The average molecular weight is 320 g/mol. The Kier molecular flexibility index (Phi) is 3.74. The van der Waals surface area contributed by atoms with E-state index < -0.39 is 0 Å². The summed E-state index contributed by atoms with van der Waals surface area (Å²) in [5.74, 6) is 0. The lowest BCUT2D eigenvalue weighted by atomic mass is 10.1. The number of H-pyrrole nitrogens is 1. The highest BCUT2D eigenvalue weighted by Crippen LogP contribution is 2.21. The summed E-state index contributed by atoms with van der Waals surface area (Å²) in [5.41, 5.74) is 5.48. The minimum absolute atomic E-state index is 0.752. The third-order valence-corrected chi connectivity index (χ3v) is 4.29. The van der Waals surface area contributed by atoms with Gasteiger partial charge in [0.1, 0.15) is 11.8 Å². The minimum atomic E-state index is 0.752. The van der Waals surface area contributed by atoms with Gasteiger partial charge in [0, 0.05) is 23.6 Å². The van der Waals surface area contributed by atoms with Gasteiger partial charge >= 0.3 is 0 Å². The zero-order valence-corrected chi connectivity index (χ0v) is 13.9. The van der Waals surface area contributed by atoms with E-state index in [1.165, 1.54) is 22.0 Å².